The summed E-state index contributed by atoms with van der Waals surface area (Å²) >= 11 is 0. The van der Waals surface area contributed by atoms with Gasteiger partial charge in [0.05, 0.1) is 12.8 Å². The Balaban J connectivity index is 2.10. The minimum absolute atomic E-state index is 0.0410. The number of hydrogen-bond acceptors (Lipinski definition) is 4. The molecule has 0 heterocycles. The molecule has 2 atom stereocenters. The molecule has 110 valence electrons. The normalized spacial score (nSPS) is 22.3. The van der Waals surface area contributed by atoms with Crippen molar-refractivity contribution in [3.05, 3.63) is 18.2 Å². The van der Waals surface area contributed by atoms with Crippen LogP contribution in [0.3, 0.4) is 0 Å². The number of hydrogen-bond donors (Lipinski definition) is 3. The van der Waals surface area contributed by atoms with Gasteiger partial charge in [-0.15, -0.1) is 0 Å². The first-order valence-electron chi connectivity index (χ1n) is 7.03. The van der Waals surface area contributed by atoms with Gasteiger partial charge >= 0.3 is 0 Å². The molecule has 1 aliphatic rings. The maximum atomic E-state index is 12.4. The van der Waals surface area contributed by atoms with Crippen LogP contribution in [0.5, 0.6) is 11.5 Å². The number of phenols is 1. The number of carbonyl (C=O) groups is 1. The van der Waals surface area contributed by atoms with E-state index in [9.17, 15) is 9.90 Å². The van der Waals surface area contributed by atoms with E-state index in [2.05, 4.69) is 5.32 Å². The fraction of sp³-hybridized carbons (Fsp3) is 0.533. The number of nitrogens with one attached hydrogen (secondary N) is 1. The molecule has 0 spiro atoms. The molecule has 0 aliphatic heterocycles. The van der Waals surface area contributed by atoms with Gasteiger partial charge in [0.25, 0.3) is 0 Å². The van der Waals surface area contributed by atoms with Crippen molar-refractivity contribution in [2.45, 2.75) is 25.7 Å². The highest BCUT2D eigenvalue weighted by molar-refractivity contribution is 5.94. The predicted octanol–water partition coefficient (Wildman–Crippen LogP) is 2.10. The smallest absolute Gasteiger partial charge is 0.227 e. The molecule has 1 aromatic carbocycles. The number of methoxy groups -OCH3 is 1. The second kappa shape index (κ2) is 6.61. The summed E-state index contributed by atoms with van der Waals surface area (Å²) in [7, 11) is 1.55. The first-order chi connectivity index (χ1) is 9.65. The van der Waals surface area contributed by atoms with Gasteiger partial charge in [0, 0.05) is 12.0 Å². The van der Waals surface area contributed by atoms with E-state index in [1.165, 1.54) is 6.07 Å². The number of phenolic OH excluding ortho intramolecular Hbond substituents is 1. The van der Waals surface area contributed by atoms with Gasteiger partial charge in [0.15, 0.2) is 0 Å². The van der Waals surface area contributed by atoms with Crippen LogP contribution < -0.4 is 15.8 Å². The van der Waals surface area contributed by atoms with Crippen LogP contribution in [-0.2, 0) is 4.79 Å². The Labute approximate surface area is 119 Å². The van der Waals surface area contributed by atoms with Crippen molar-refractivity contribution in [2.75, 3.05) is 19.0 Å². The third kappa shape index (κ3) is 3.22. The maximum absolute atomic E-state index is 12.4. The quantitative estimate of drug-likeness (QED) is 0.736. The molecule has 0 radical (unpaired) electrons. The van der Waals surface area contributed by atoms with E-state index >= 15 is 0 Å². The molecule has 5 heteroatoms. The predicted molar refractivity (Wildman–Crippen MR) is 77.8 cm³/mol. The Morgan fingerprint density at radius 2 is 2.20 bits per heavy atom. The van der Waals surface area contributed by atoms with Gasteiger partial charge in [-0.3, -0.25) is 4.79 Å². The van der Waals surface area contributed by atoms with Crippen molar-refractivity contribution in [3.63, 3.8) is 0 Å². The third-order valence-electron chi connectivity index (χ3n) is 4.01. The summed E-state index contributed by atoms with van der Waals surface area (Å²) in [5.41, 5.74) is 6.14. The molecule has 20 heavy (non-hydrogen) atoms. The molecule has 1 amide bonds. The molecule has 0 saturated heterocycles. The summed E-state index contributed by atoms with van der Waals surface area (Å²) in [6.45, 7) is 0.530. The van der Waals surface area contributed by atoms with Crippen LogP contribution in [0.2, 0.25) is 0 Å². The van der Waals surface area contributed by atoms with Crippen molar-refractivity contribution in [3.8, 4) is 11.5 Å². The first kappa shape index (κ1) is 14.7. The van der Waals surface area contributed by atoms with E-state index in [0.29, 0.717) is 18.0 Å². The highest BCUT2D eigenvalue weighted by Gasteiger charge is 2.30. The fourth-order valence-electron chi connectivity index (χ4n) is 2.80. The van der Waals surface area contributed by atoms with Crippen LogP contribution in [0.25, 0.3) is 0 Å². The Bertz CT molecular complexity index is 476. The Kier molecular flexibility index (Phi) is 4.84. The summed E-state index contributed by atoms with van der Waals surface area (Å²) in [4.78, 5) is 12.4. The Morgan fingerprint density at radius 1 is 1.45 bits per heavy atom. The zero-order valence-corrected chi connectivity index (χ0v) is 11.8. The van der Waals surface area contributed by atoms with Crippen molar-refractivity contribution >= 4 is 11.6 Å². The molecule has 0 aromatic heterocycles. The molecule has 2 rings (SSSR count). The van der Waals surface area contributed by atoms with E-state index in [1.54, 1.807) is 19.2 Å². The van der Waals surface area contributed by atoms with E-state index in [-0.39, 0.29) is 23.5 Å². The fourth-order valence-corrected chi connectivity index (χ4v) is 2.80. The van der Waals surface area contributed by atoms with Crippen molar-refractivity contribution < 1.29 is 14.6 Å². The zero-order valence-electron chi connectivity index (χ0n) is 11.8. The summed E-state index contributed by atoms with van der Waals surface area (Å²) in [6.07, 6.45) is 4.05. The van der Waals surface area contributed by atoms with E-state index in [4.69, 9.17) is 10.5 Å². The average Bonchev–Trinajstić information content (AvgIpc) is 2.49. The van der Waals surface area contributed by atoms with Crippen LogP contribution in [0.4, 0.5) is 5.69 Å². The molecular formula is C15H22N2O3. The van der Waals surface area contributed by atoms with E-state index in [1.807, 2.05) is 0 Å². The van der Waals surface area contributed by atoms with E-state index in [0.717, 1.165) is 25.7 Å². The molecular weight excluding hydrogens is 256 g/mol. The highest BCUT2D eigenvalue weighted by Crippen LogP contribution is 2.32. The Hall–Kier alpha value is -1.75. The number of amides is 1. The van der Waals surface area contributed by atoms with Gasteiger partial charge in [-0.05, 0) is 37.4 Å². The number of rotatable bonds is 4. The van der Waals surface area contributed by atoms with E-state index < -0.39 is 0 Å². The van der Waals surface area contributed by atoms with Crippen LogP contribution in [0.1, 0.15) is 25.7 Å². The standard InChI is InChI=1S/C15H22N2O3/c1-20-11-6-7-14(18)13(8-11)17-15(19)12-5-3-2-4-10(12)9-16/h6-8,10,12,18H,2-5,9,16H2,1H3,(H,17,19). The number of nitrogens with two attached hydrogens (primary N) is 1. The van der Waals surface area contributed by atoms with Crippen LogP contribution in [-0.4, -0.2) is 24.7 Å². The molecule has 1 fully saturated rings. The number of aromatic hydroxyl groups is 1. The van der Waals surface area contributed by atoms with Crippen LogP contribution in [0, 0.1) is 11.8 Å². The molecule has 1 aromatic rings. The summed E-state index contributed by atoms with van der Waals surface area (Å²) in [5.74, 6) is 0.732. The SMILES string of the molecule is COc1ccc(O)c(NC(=O)C2CCCCC2CN)c1. The zero-order chi connectivity index (χ0) is 14.5. The third-order valence-corrected chi connectivity index (χ3v) is 4.01. The van der Waals surface area contributed by atoms with Gasteiger partial charge < -0.3 is 20.9 Å². The van der Waals surface area contributed by atoms with Gasteiger partial charge in [-0.2, -0.15) is 0 Å². The lowest BCUT2D eigenvalue weighted by Crippen LogP contribution is -2.35. The maximum Gasteiger partial charge on any atom is 0.227 e. The van der Waals surface area contributed by atoms with Crippen LogP contribution >= 0.6 is 0 Å². The lowest BCUT2D eigenvalue weighted by molar-refractivity contribution is -0.122. The summed E-state index contributed by atoms with van der Waals surface area (Å²) < 4.78 is 5.10. The van der Waals surface area contributed by atoms with Gasteiger partial charge in [-0.1, -0.05) is 12.8 Å². The highest BCUT2D eigenvalue weighted by atomic mass is 16.5. The average molecular weight is 278 g/mol. The molecule has 2 unspecified atom stereocenters. The van der Waals surface area contributed by atoms with Crippen LogP contribution in [0.15, 0.2) is 18.2 Å². The lowest BCUT2D eigenvalue weighted by atomic mass is 9.78. The molecule has 0 bridgehead atoms. The van der Waals surface area contributed by atoms with Gasteiger partial charge in [0.2, 0.25) is 5.91 Å². The second-order valence-corrected chi connectivity index (χ2v) is 5.26. The number of carbonyl (C=O) groups excluding carboxylic acids is 1. The van der Waals surface area contributed by atoms with Gasteiger partial charge in [0.1, 0.15) is 11.5 Å². The molecule has 1 saturated carbocycles. The number of ether oxygens (including phenoxy) is 1. The van der Waals surface area contributed by atoms with Crippen molar-refractivity contribution in [1.82, 2.24) is 0 Å². The molecule has 5 nitrogen and oxygen atoms in total. The second-order valence-electron chi connectivity index (χ2n) is 5.26. The number of anilines is 1. The largest absolute Gasteiger partial charge is 0.506 e. The molecule has 4 N–H and O–H groups in total. The van der Waals surface area contributed by atoms with Crippen molar-refractivity contribution in [1.29, 1.82) is 0 Å². The minimum atomic E-state index is -0.0700. The Morgan fingerprint density at radius 3 is 2.90 bits per heavy atom. The lowest BCUT2D eigenvalue weighted by Gasteiger charge is -2.29. The van der Waals surface area contributed by atoms with Gasteiger partial charge in [-0.25, -0.2) is 0 Å². The monoisotopic (exact) mass is 278 g/mol. The number of benzene rings is 1. The van der Waals surface area contributed by atoms with Crippen molar-refractivity contribution in [2.24, 2.45) is 17.6 Å². The minimum Gasteiger partial charge on any atom is -0.506 e. The topological polar surface area (TPSA) is 84.6 Å². The first-order valence-corrected chi connectivity index (χ1v) is 7.03. The summed E-state index contributed by atoms with van der Waals surface area (Å²) in [5, 5.41) is 12.6. The molecule has 1 aliphatic carbocycles. The summed E-state index contributed by atoms with van der Waals surface area (Å²) in [6, 6.07) is 4.78.